The van der Waals surface area contributed by atoms with Gasteiger partial charge in [0, 0.05) is 6.54 Å². The van der Waals surface area contributed by atoms with Crippen molar-refractivity contribution in [3.8, 4) is 0 Å². The summed E-state index contributed by atoms with van der Waals surface area (Å²) in [6.45, 7) is 2.96. The molecule has 1 aliphatic rings. The number of carbonyl (C=O) groups excluding carboxylic acids is 1. The Bertz CT molecular complexity index is 395. The van der Waals surface area contributed by atoms with Crippen LogP contribution in [0.2, 0.25) is 0 Å². The molecule has 0 unspecified atom stereocenters. The molecule has 0 aromatic heterocycles. The smallest absolute Gasteiger partial charge is 0.322 e. The monoisotopic (exact) mass is 233 g/mol. The lowest BCUT2D eigenvalue weighted by atomic mass is 9.88. The number of rotatable bonds is 2. The lowest BCUT2D eigenvalue weighted by Gasteiger charge is -2.28. The van der Waals surface area contributed by atoms with Crippen LogP contribution in [0.15, 0.2) is 24.3 Å². The minimum absolute atomic E-state index is 0.124. The van der Waals surface area contributed by atoms with Crippen LogP contribution in [-0.2, 0) is 9.53 Å². The Balaban J connectivity index is 1.97. The second-order valence-electron chi connectivity index (χ2n) is 4.67. The third kappa shape index (κ3) is 2.86. The first kappa shape index (κ1) is 12.1. The minimum Gasteiger partial charge on any atom is -0.468 e. The molecule has 3 nitrogen and oxygen atoms in total. The Labute approximate surface area is 102 Å². The van der Waals surface area contributed by atoms with E-state index in [1.54, 1.807) is 0 Å². The van der Waals surface area contributed by atoms with E-state index in [9.17, 15) is 4.79 Å². The Hall–Kier alpha value is -1.35. The summed E-state index contributed by atoms with van der Waals surface area (Å²) in [5.41, 5.74) is 2.65. The number of piperidine rings is 1. The van der Waals surface area contributed by atoms with Crippen molar-refractivity contribution in [2.45, 2.75) is 31.7 Å². The largest absolute Gasteiger partial charge is 0.468 e. The molecule has 0 radical (unpaired) electrons. The zero-order valence-electron chi connectivity index (χ0n) is 10.4. The molecule has 1 aromatic carbocycles. The fourth-order valence-corrected chi connectivity index (χ4v) is 2.41. The van der Waals surface area contributed by atoms with Gasteiger partial charge in [-0.15, -0.1) is 0 Å². The highest BCUT2D eigenvalue weighted by Crippen LogP contribution is 2.26. The molecule has 1 N–H and O–H groups in total. The maximum atomic E-state index is 11.4. The molecule has 1 heterocycles. The molecule has 3 heteroatoms. The van der Waals surface area contributed by atoms with Crippen LogP contribution < -0.4 is 5.32 Å². The van der Waals surface area contributed by atoms with Gasteiger partial charge in [0.1, 0.15) is 6.04 Å². The van der Waals surface area contributed by atoms with E-state index in [0.29, 0.717) is 5.92 Å². The highest BCUT2D eigenvalue weighted by Gasteiger charge is 2.26. The number of carbonyl (C=O) groups is 1. The summed E-state index contributed by atoms with van der Waals surface area (Å²) in [7, 11) is 1.44. The van der Waals surface area contributed by atoms with Crippen LogP contribution in [0, 0.1) is 6.92 Å². The Morgan fingerprint density at radius 2 is 2.24 bits per heavy atom. The van der Waals surface area contributed by atoms with Gasteiger partial charge in [0.25, 0.3) is 0 Å². The predicted octanol–water partition coefficient (Wildman–Crippen LogP) is 2.00. The molecule has 1 fully saturated rings. The minimum atomic E-state index is -0.146. The predicted molar refractivity (Wildman–Crippen MR) is 67.0 cm³/mol. The van der Waals surface area contributed by atoms with E-state index < -0.39 is 0 Å². The molecule has 0 bridgehead atoms. The van der Waals surface area contributed by atoms with E-state index in [1.807, 2.05) is 0 Å². The zero-order chi connectivity index (χ0) is 12.3. The van der Waals surface area contributed by atoms with Gasteiger partial charge in [-0.2, -0.15) is 0 Å². The van der Waals surface area contributed by atoms with Gasteiger partial charge in [0.05, 0.1) is 7.11 Å². The summed E-state index contributed by atoms with van der Waals surface area (Å²) in [5, 5.41) is 3.26. The third-order valence-electron chi connectivity index (χ3n) is 3.41. The number of hydrogen-bond donors (Lipinski definition) is 1. The van der Waals surface area contributed by atoms with Crippen molar-refractivity contribution < 1.29 is 9.53 Å². The Morgan fingerprint density at radius 1 is 1.41 bits per heavy atom. The third-order valence-corrected chi connectivity index (χ3v) is 3.41. The standard InChI is InChI=1S/C14H19NO2/c1-10-4-3-5-11(8-10)12-6-7-13(15-9-12)14(16)17-2/h3-5,8,12-13,15H,6-7,9H2,1-2H3/t12-,13-/m1/s1. The lowest BCUT2D eigenvalue weighted by molar-refractivity contribution is -0.143. The number of benzene rings is 1. The highest BCUT2D eigenvalue weighted by atomic mass is 16.5. The molecule has 1 aliphatic heterocycles. The Morgan fingerprint density at radius 3 is 2.82 bits per heavy atom. The molecule has 0 saturated carbocycles. The average molecular weight is 233 g/mol. The van der Waals surface area contributed by atoms with E-state index in [1.165, 1.54) is 18.2 Å². The first-order valence-electron chi connectivity index (χ1n) is 6.08. The van der Waals surface area contributed by atoms with E-state index in [2.05, 4.69) is 36.5 Å². The van der Waals surface area contributed by atoms with Crippen molar-refractivity contribution in [1.29, 1.82) is 0 Å². The summed E-state index contributed by atoms with van der Waals surface area (Å²) >= 11 is 0. The second kappa shape index (κ2) is 5.32. The molecule has 2 rings (SSSR count). The maximum Gasteiger partial charge on any atom is 0.322 e. The van der Waals surface area contributed by atoms with Gasteiger partial charge < -0.3 is 10.1 Å². The van der Waals surface area contributed by atoms with E-state index in [0.717, 1.165) is 19.4 Å². The van der Waals surface area contributed by atoms with Gasteiger partial charge in [-0.1, -0.05) is 29.8 Å². The van der Waals surface area contributed by atoms with Crippen LogP contribution in [0.25, 0.3) is 0 Å². The number of nitrogens with one attached hydrogen (secondary N) is 1. The maximum absolute atomic E-state index is 11.4. The quantitative estimate of drug-likeness (QED) is 0.794. The fourth-order valence-electron chi connectivity index (χ4n) is 2.41. The first-order valence-corrected chi connectivity index (χ1v) is 6.08. The number of ether oxygens (including phenoxy) is 1. The van der Waals surface area contributed by atoms with Gasteiger partial charge in [-0.3, -0.25) is 4.79 Å². The van der Waals surface area contributed by atoms with Gasteiger partial charge >= 0.3 is 5.97 Å². The van der Waals surface area contributed by atoms with Crippen molar-refractivity contribution in [2.24, 2.45) is 0 Å². The second-order valence-corrected chi connectivity index (χ2v) is 4.67. The molecule has 92 valence electrons. The summed E-state index contributed by atoms with van der Waals surface area (Å²) in [6.07, 6.45) is 1.89. The van der Waals surface area contributed by atoms with Gasteiger partial charge in [0.2, 0.25) is 0 Å². The van der Waals surface area contributed by atoms with Crippen molar-refractivity contribution in [2.75, 3.05) is 13.7 Å². The summed E-state index contributed by atoms with van der Waals surface area (Å²) < 4.78 is 4.75. The van der Waals surface area contributed by atoms with Crippen molar-refractivity contribution in [1.82, 2.24) is 5.32 Å². The van der Waals surface area contributed by atoms with Crippen LogP contribution in [0.4, 0.5) is 0 Å². The molecule has 0 spiro atoms. The fraction of sp³-hybridized carbons (Fsp3) is 0.500. The molecule has 1 saturated heterocycles. The van der Waals surface area contributed by atoms with Crippen LogP contribution in [-0.4, -0.2) is 25.7 Å². The van der Waals surface area contributed by atoms with E-state index >= 15 is 0 Å². The lowest BCUT2D eigenvalue weighted by Crippen LogP contribution is -2.43. The van der Waals surface area contributed by atoms with Gasteiger partial charge in [-0.25, -0.2) is 0 Å². The molecule has 1 aromatic rings. The van der Waals surface area contributed by atoms with Crippen LogP contribution in [0.1, 0.15) is 29.9 Å². The molecule has 0 amide bonds. The molecular formula is C14H19NO2. The average Bonchev–Trinajstić information content (AvgIpc) is 2.38. The van der Waals surface area contributed by atoms with Crippen LogP contribution >= 0.6 is 0 Å². The molecular weight excluding hydrogens is 214 g/mol. The number of hydrogen-bond acceptors (Lipinski definition) is 3. The summed E-state index contributed by atoms with van der Waals surface area (Å²) in [4.78, 5) is 11.4. The van der Waals surface area contributed by atoms with Crippen LogP contribution in [0.5, 0.6) is 0 Å². The number of aryl methyl sites for hydroxylation is 1. The number of methoxy groups -OCH3 is 1. The SMILES string of the molecule is COC(=O)[C@H]1CC[C@@H](c2cccc(C)c2)CN1. The Kier molecular flexibility index (Phi) is 3.79. The molecule has 0 aliphatic carbocycles. The topological polar surface area (TPSA) is 38.3 Å². The normalized spacial score (nSPS) is 24.4. The summed E-state index contributed by atoms with van der Waals surface area (Å²) in [6, 6.07) is 8.47. The van der Waals surface area contributed by atoms with Gasteiger partial charge in [-0.05, 0) is 31.2 Å². The van der Waals surface area contributed by atoms with Crippen molar-refractivity contribution >= 4 is 5.97 Å². The van der Waals surface area contributed by atoms with Crippen molar-refractivity contribution in [3.05, 3.63) is 35.4 Å². The van der Waals surface area contributed by atoms with E-state index in [-0.39, 0.29) is 12.0 Å². The first-order chi connectivity index (χ1) is 8.20. The highest BCUT2D eigenvalue weighted by molar-refractivity contribution is 5.75. The van der Waals surface area contributed by atoms with E-state index in [4.69, 9.17) is 4.74 Å². The molecule has 17 heavy (non-hydrogen) atoms. The van der Waals surface area contributed by atoms with Gasteiger partial charge in [0.15, 0.2) is 0 Å². The zero-order valence-corrected chi connectivity index (χ0v) is 10.4. The molecule has 2 atom stereocenters. The summed E-state index contributed by atoms with van der Waals surface area (Å²) in [5.74, 6) is 0.364. The van der Waals surface area contributed by atoms with Crippen LogP contribution in [0.3, 0.4) is 0 Å². The number of esters is 1. The van der Waals surface area contributed by atoms with Crippen molar-refractivity contribution in [3.63, 3.8) is 0 Å².